The lowest BCUT2D eigenvalue weighted by Gasteiger charge is -2.21. The van der Waals surface area contributed by atoms with Crippen LogP contribution in [0.25, 0.3) is 10.2 Å². The SMILES string of the molecule is CC(=O)Nc1nc2ccc(CC(=O)N[C@@H](c3cccs3)C(C)C)cc2s1. The number of nitrogens with one attached hydrogen (secondary N) is 2. The predicted molar refractivity (Wildman–Crippen MR) is 108 cm³/mol. The second-order valence-corrected chi connectivity index (χ2v) is 8.49. The third kappa shape index (κ3) is 4.47. The Kier molecular flexibility index (Phi) is 5.68. The molecule has 2 N–H and O–H groups in total. The molecule has 1 aromatic carbocycles. The molecule has 3 aromatic rings. The zero-order valence-electron chi connectivity index (χ0n) is 14.9. The van der Waals surface area contributed by atoms with Gasteiger partial charge in [-0.3, -0.25) is 9.59 Å². The second kappa shape index (κ2) is 7.97. The van der Waals surface area contributed by atoms with Gasteiger partial charge in [0.1, 0.15) is 0 Å². The van der Waals surface area contributed by atoms with Gasteiger partial charge in [0.2, 0.25) is 11.8 Å². The third-order valence-electron chi connectivity index (χ3n) is 3.93. The van der Waals surface area contributed by atoms with Crippen LogP contribution in [0.3, 0.4) is 0 Å². The number of carbonyl (C=O) groups excluding carboxylic acids is 2. The van der Waals surface area contributed by atoms with Crippen molar-refractivity contribution in [2.45, 2.75) is 33.2 Å². The fourth-order valence-corrected chi connectivity index (χ4v) is 4.65. The summed E-state index contributed by atoms with van der Waals surface area (Å²) in [5.41, 5.74) is 1.75. The molecule has 7 heteroatoms. The lowest BCUT2D eigenvalue weighted by Crippen LogP contribution is -2.32. The quantitative estimate of drug-likeness (QED) is 0.660. The fourth-order valence-electron chi connectivity index (χ4n) is 2.73. The Morgan fingerprint density at radius 3 is 2.69 bits per heavy atom. The highest BCUT2D eigenvalue weighted by atomic mass is 32.1. The van der Waals surface area contributed by atoms with Crippen LogP contribution in [0.5, 0.6) is 0 Å². The molecule has 0 unspecified atom stereocenters. The van der Waals surface area contributed by atoms with Crippen molar-refractivity contribution in [1.82, 2.24) is 10.3 Å². The van der Waals surface area contributed by atoms with E-state index < -0.39 is 0 Å². The monoisotopic (exact) mass is 387 g/mol. The summed E-state index contributed by atoms with van der Waals surface area (Å²) in [6, 6.07) is 9.86. The molecule has 0 saturated heterocycles. The standard InChI is InChI=1S/C19H21N3O2S2/c1-11(2)18(15-5-4-8-25-15)22-17(24)10-13-6-7-14-16(9-13)26-19(21-14)20-12(3)23/h4-9,11,18H,10H2,1-3H3,(H,22,24)(H,20,21,23)/t18-/m1/s1. The number of amides is 2. The van der Waals surface area contributed by atoms with Gasteiger partial charge in [0, 0.05) is 11.8 Å². The van der Waals surface area contributed by atoms with Crippen LogP contribution in [0.1, 0.15) is 37.3 Å². The summed E-state index contributed by atoms with van der Waals surface area (Å²) in [6.45, 7) is 5.68. The minimum atomic E-state index is -0.142. The molecule has 0 aliphatic carbocycles. The first-order valence-electron chi connectivity index (χ1n) is 8.42. The number of fused-ring (bicyclic) bond motifs is 1. The van der Waals surface area contributed by atoms with E-state index in [2.05, 4.69) is 35.5 Å². The second-order valence-electron chi connectivity index (χ2n) is 6.48. The van der Waals surface area contributed by atoms with Crippen molar-refractivity contribution in [2.24, 2.45) is 5.92 Å². The molecule has 1 atom stereocenters. The summed E-state index contributed by atoms with van der Waals surface area (Å²) in [4.78, 5) is 29.2. The first-order valence-corrected chi connectivity index (χ1v) is 10.1. The van der Waals surface area contributed by atoms with Gasteiger partial charge in [0.15, 0.2) is 5.13 Å². The van der Waals surface area contributed by atoms with Gasteiger partial charge in [-0.1, -0.05) is 37.3 Å². The Hall–Kier alpha value is -2.25. The van der Waals surface area contributed by atoms with E-state index in [1.807, 2.05) is 29.6 Å². The zero-order valence-corrected chi connectivity index (χ0v) is 16.5. The molecule has 0 aliphatic heterocycles. The van der Waals surface area contributed by atoms with E-state index in [0.29, 0.717) is 17.5 Å². The largest absolute Gasteiger partial charge is 0.348 e. The van der Waals surface area contributed by atoms with Crippen molar-refractivity contribution in [3.63, 3.8) is 0 Å². The van der Waals surface area contributed by atoms with Crippen molar-refractivity contribution in [3.8, 4) is 0 Å². The number of rotatable bonds is 6. The average molecular weight is 388 g/mol. The van der Waals surface area contributed by atoms with Crippen LogP contribution in [0.15, 0.2) is 35.7 Å². The molecule has 2 aromatic heterocycles. The number of thiazole rings is 1. The summed E-state index contributed by atoms with van der Waals surface area (Å²) in [5, 5.41) is 8.45. The van der Waals surface area contributed by atoms with Gasteiger partial charge in [-0.05, 0) is 35.1 Å². The third-order valence-corrected chi connectivity index (χ3v) is 5.82. The highest BCUT2D eigenvalue weighted by Gasteiger charge is 2.19. The molecule has 26 heavy (non-hydrogen) atoms. The van der Waals surface area contributed by atoms with Crippen molar-refractivity contribution >= 4 is 49.8 Å². The highest BCUT2D eigenvalue weighted by molar-refractivity contribution is 7.22. The lowest BCUT2D eigenvalue weighted by atomic mass is 10.0. The van der Waals surface area contributed by atoms with Gasteiger partial charge in [-0.2, -0.15) is 0 Å². The molecular formula is C19H21N3O2S2. The van der Waals surface area contributed by atoms with Crippen LogP contribution in [0.4, 0.5) is 5.13 Å². The average Bonchev–Trinajstić information content (AvgIpc) is 3.20. The molecule has 3 rings (SSSR count). The van der Waals surface area contributed by atoms with Crippen LogP contribution in [0, 0.1) is 5.92 Å². The number of thiophene rings is 1. The van der Waals surface area contributed by atoms with Crippen LogP contribution in [-0.4, -0.2) is 16.8 Å². The summed E-state index contributed by atoms with van der Waals surface area (Å²) in [6.07, 6.45) is 0.317. The number of anilines is 1. The molecule has 0 spiro atoms. The molecule has 0 aliphatic rings. The number of carbonyl (C=O) groups is 2. The lowest BCUT2D eigenvalue weighted by molar-refractivity contribution is -0.121. The summed E-state index contributed by atoms with van der Waals surface area (Å²) < 4.78 is 0.956. The normalized spacial score (nSPS) is 12.3. The van der Waals surface area contributed by atoms with Gasteiger partial charge in [0.25, 0.3) is 0 Å². The molecule has 0 bridgehead atoms. The first-order chi connectivity index (χ1) is 12.4. The molecule has 2 amide bonds. The molecule has 2 heterocycles. The van der Waals surface area contributed by atoms with Gasteiger partial charge in [-0.15, -0.1) is 11.3 Å². The molecule has 0 fully saturated rings. The van der Waals surface area contributed by atoms with Crippen LogP contribution in [-0.2, 0) is 16.0 Å². The van der Waals surface area contributed by atoms with Crippen molar-refractivity contribution in [3.05, 3.63) is 46.2 Å². The summed E-state index contributed by atoms with van der Waals surface area (Å²) in [5.74, 6) is 0.182. The molecular weight excluding hydrogens is 366 g/mol. The molecule has 5 nitrogen and oxygen atoms in total. The minimum Gasteiger partial charge on any atom is -0.348 e. The molecule has 0 radical (unpaired) electrons. The van der Waals surface area contributed by atoms with Crippen LogP contribution < -0.4 is 10.6 Å². The number of hydrogen-bond donors (Lipinski definition) is 2. The van der Waals surface area contributed by atoms with E-state index >= 15 is 0 Å². The molecule has 136 valence electrons. The Balaban J connectivity index is 1.71. The van der Waals surface area contributed by atoms with E-state index in [1.165, 1.54) is 23.1 Å². The highest BCUT2D eigenvalue weighted by Crippen LogP contribution is 2.28. The van der Waals surface area contributed by atoms with E-state index in [9.17, 15) is 9.59 Å². The van der Waals surface area contributed by atoms with Crippen molar-refractivity contribution < 1.29 is 9.59 Å². The minimum absolute atomic E-state index is 0.00282. The Labute approximate surface area is 160 Å². The van der Waals surface area contributed by atoms with Crippen molar-refractivity contribution in [2.75, 3.05) is 5.32 Å². The number of hydrogen-bond acceptors (Lipinski definition) is 5. The Morgan fingerprint density at radius 2 is 2.04 bits per heavy atom. The van der Waals surface area contributed by atoms with E-state index in [0.717, 1.165) is 15.8 Å². The van der Waals surface area contributed by atoms with Crippen molar-refractivity contribution in [1.29, 1.82) is 0 Å². The first kappa shape index (κ1) is 18.5. The molecule has 0 saturated carbocycles. The van der Waals surface area contributed by atoms with Gasteiger partial charge in [-0.25, -0.2) is 4.98 Å². The predicted octanol–water partition coefficient (Wildman–Crippen LogP) is 4.37. The fraction of sp³-hybridized carbons (Fsp3) is 0.316. The Morgan fingerprint density at radius 1 is 1.23 bits per heavy atom. The van der Waals surface area contributed by atoms with Gasteiger partial charge in [0.05, 0.1) is 22.7 Å². The summed E-state index contributed by atoms with van der Waals surface area (Å²) in [7, 11) is 0. The zero-order chi connectivity index (χ0) is 18.7. The van der Waals surface area contributed by atoms with Crippen LogP contribution in [0.2, 0.25) is 0 Å². The number of nitrogens with zero attached hydrogens (tertiary/aromatic N) is 1. The maximum atomic E-state index is 12.5. The van der Waals surface area contributed by atoms with E-state index in [-0.39, 0.29) is 17.9 Å². The smallest absolute Gasteiger partial charge is 0.224 e. The van der Waals surface area contributed by atoms with E-state index in [1.54, 1.807) is 11.3 Å². The van der Waals surface area contributed by atoms with Crippen LogP contribution >= 0.6 is 22.7 Å². The number of aromatic nitrogens is 1. The van der Waals surface area contributed by atoms with E-state index in [4.69, 9.17) is 0 Å². The maximum Gasteiger partial charge on any atom is 0.224 e. The van der Waals surface area contributed by atoms with Gasteiger partial charge >= 0.3 is 0 Å². The summed E-state index contributed by atoms with van der Waals surface area (Å²) >= 11 is 3.07. The maximum absolute atomic E-state index is 12.5. The Bertz CT molecular complexity index is 916. The number of benzene rings is 1. The van der Waals surface area contributed by atoms with Gasteiger partial charge < -0.3 is 10.6 Å². The topological polar surface area (TPSA) is 71.1 Å².